The van der Waals surface area contributed by atoms with Gasteiger partial charge in [-0.3, -0.25) is 4.68 Å². The molecule has 0 spiro atoms. The molecule has 2 heterocycles. The molecule has 2 aromatic heterocycles. The number of alkyl halides is 1. The van der Waals surface area contributed by atoms with Crippen molar-refractivity contribution >= 4 is 11.6 Å². The number of rotatable bonds is 2. The summed E-state index contributed by atoms with van der Waals surface area (Å²) >= 11 is 5.61. The molecule has 2 rings (SSSR count). The first-order valence-corrected chi connectivity index (χ1v) is 5.06. The number of hydrogen-bond acceptors (Lipinski definition) is 4. The van der Waals surface area contributed by atoms with Crippen LogP contribution in [0.25, 0.3) is 11.5 Å². The Balaban J connectivity index is 2.53. The van der Waals surface area contributed by atoms with Crippen molar-refractivity contribution in [2.24, 2.45) is 7.05 Å². The summed E-state index contributed by atoms with van der Waals surface area (Å²) in [7, 11) is 1.88. The van der Waals surface area contributed by atoms with E-state index >= 15 is 0 Å². The first-order chi connectivity index (χ1) is 7.13. The fourth-order valence-corrected chi connectivity index (χ4v) is 1.60. The summed E-state index contributed by atoms with van der Waals surface area (Å²) in [4.78, 5) is 4.17. The number of aromatic nitrogens is 4. The van der Waals surface area contributed by atoms with Crippen LogP contribution in [-0.4, -0.2) is 19.9 Å². The fourth-order valence-electron chi connectivity index (χ4n) is 1.49. The van der Waals surface area contributed by atoms with Gasteiger partial charge in [0.05, 0.1) is 17.1 Å². The second-order valence-electron chi connectivity index (χ2n) is 3.32. The minimum atomic E-state index is 0.252. The van der Waals surface area contributed by atoms with Crippen molar-refractivity contribution in [1.29, 1.82) is 0 Å². The molecule has 0 aliphatic heterocycles. The Kier molecular flexibility index (Phi) is 2.48. The van der Waals surface area contributed by atoms with Gasteiger partial charge in [0, 0.05) is 12.7 Å². The van der Waals surface area contributed by atoms with Crippen LogP contribution in [0.2, 0.25) is 0 Å². The van der Waals surface area contributed by atoms with Gasteiger partial charge in [0.25, 0.3) is 5.89 Å². The lowest BCUT2D eigenvalue weighted by atomic mass is 10.2. The Morgan fingerprint density at radius 3 is 2.60 bits per heavy atom. The molecule has 0 atom stereocenters. The highest BCUT2D eigenvalue weighted by atomic mass is 35.5. The molecule has 6 heteroatoms. The van der Waals surface area contributed by atoms with E-state index in [-0.39, 0.29) is 5.88 Å². The molecule has 0 aliphatic rings. The SMILES string of the molecule is Cc1nn(C)c(C)c1-c1nc(CCl)no1. The van der Waals surface area contributed by atoms with E-state index < -0.39 is 0 Å². The molecule has 0 N–H and O–H groups in total. The van der Waals surface area contributed by atoms with Crippen molar-refractivity contribution < 1.29 is 4.52 Å². The predicted molar refractivity (Wildman–Crippen MR) is 55.5 cm³/mol. The molecule has 0 bridgehead atoms. The van der Waals surface area contributed by atoms with E-state index in [1.54, 1.807) is 4.68 Å². The third-order valence-corrected chi connectivity index (χ3v) is 2.55. The normalized spacial score (nSPS) is 10.9. The summed E-state index contributed by atoms with van der Waals surface area (Å²) in [6.45, 7) is 3.87. The van der Waals surface area contributed by atoms with Crippen LogP contribution in [-0.2, 0) is 12.9 Å². The molecule has 2 aromatic rings. The molecule has 0 saturated carbocycles. The third-order valence-electron chi connectivity index (χ3n) is 2.31. The van der Waals surface area contributed by atoms with Gasteiger partial charge in [-0.25, -0.2) is 0 Å². The van der Waals surface area contributed by atoms with Crippen molar-refractivity contribution in [2.75, 3.05) is 0 Å². The Morgan fingerprint density at radius 2 is 2.13 bits per heavy atom. The summed E-state index contributed by atoms with van der Waals surface area (Å²) < 4.78 is 6.90. The number of halogens is 1. The van der Waals surface area contributed by atoms with Gasteiger partial charge >= 0.3 is 0 Å². The Labute approximate surface area is 92.0 Å². The molecule has 15 heavy (non-hydrogen) atoms. The molecule has 0 saturated heterocycles. The van der Waals surface area contributed by atoms with Gasteiger partial charge in [0.1, 0.15) is 0 Å². The zero-order valence-corrected chi connectivity index (χ0v) is 9.54. The van der Waals surface area contributed by atoms with Gasteiger partial charge < -0.3 is 4.52 Å². The molecular weight excluding hydrogens is 216 g/mol. The maximum absolute atomic E-state index is 5.61. The van der Waals surface area contributed by atoms with Gasteiger partial charge in [-0.15, -0.1) is 11.6 Å². The molecule has 0 amide bonds. The first-order valence-electron chi connectivity index (χ1n) is 4.52. The summed E-state index contributed by atoms with van der Waals surface area (Å²) in [5.74, 6) is 1.23. The van der Waals surface area contributed by atoms with E-state index in [1.165, 1.54) is 0 Å². The molecule has 0 radical (unpaired) electrons. The summed E-state index contributed by atoms with van der Waals surface area (Å²) in [6, 6.07) is 0. The monoisotopic (exact) mass is 226 g/mol. The van der Waals surface area contributed by atoms with Crippen LogP contribution in [0.15, 0.2) is 4.52 Å². The molecule has 0 aliphatic carbocycles. The highest BCUT2D eigenvalue weighted by Crippen LogP contribution is 2.24. The summed E-state index contributed by atoms with van der Waals surface area (Å²) in [6.07, 6.45) is 0. The lowest BCUT2D eigenvalue weighted by Crippen LogP contribution is -1.92. The van der Waals surface area contributed by atoms with E-state index in [9.17, 15) is 0 Å². The third kappa shape index (κ3) is 1.63. The van der Waals surface area contributed by atoms with E-state index in [1.807, 2.05) is 20.9 Å². The Morgan fingerprint density at radius 1 is 1.40 bits per heavy atom. The van der Waals surface area contributed by atoms with Crippen LogP contribution in [0, 0.1) is 13.8 Å². The summed E-state index contributed by atoms with van der Waals surface area (Å²) in [5, 5.41) is 8.03. The van der Waals surface area contributed by atoms with Crippen molar-refractivity contribution in [2.45, 2.75) is 19.7 Å². The first kappa shape index (κ1) is 10.2. The number of nitrogens with zero attached hydrogens (tertiary/aromatic N) is 4. The average molecular weight is 227 g/mol. The maximum Gasteiger partial charge on any atom is 0.261 e. The zero-order valence-electron chi connectivity index (χ0n) is 8.78. The lowest BCUT2D eigenvalue weighted by molar-refractivity contribution is 0.424. The Hall–Kier alpha value is -1.36. The number of aryl methyl sites for hydroxylation is 2. The van der Waals surface area contributed by atoms with Crippen LogP contribution in [0.1, 0.15) is 17.2 Å². The van der Waals surface area contributed by atoms with Gasteiger partial charge in [-0.05, 0) is 13.8 Å². The summed E-state index contributed by atoms with van der Waals surface area (Å²) in [5.41, 5.74) is 2.76. The van der Waals surface area contributed by atoms with Crippen molar-refractivity contribution in [1.82, 2.24) is 19.9 Å². The van der Waals surface area contributed by atoms with Crippen LogP contribution in [0.4, 0.5) is 0 Å². The highest BCUT2D eigenvalue weighted by Gasteiger charge is 2.17. The molecule has 5 nitrogen and oxygen atoms in total. The predicted octanol–water partition coefficient (Wildman–Crippen LogP) is 1.83. The van der Waals surface area contributed by atoms with Crippen LogP contribution in [0.5, 0.6) is 0 Å². The molecule has 80 valence electrons. The van der Waals surface area contributed by atoms with Crippen LogP contribution < -0.4 is 0 Å². The second-order valence-corrected chi connectivity index (χ2v) is 3.59. The molecule has 0 unspecified atom stereocenters. The quantitative estimate of drug-likeness (QED) is 0.733. The highest BCUT2D eigenvalue weighted by molar-refractivity contribution is 6.16. The topological polar surface area (TPSA) is 56.7 Å². The standard InChI is InChI=1S/C9H11ClN4O/c1-5-8(6(2)14(3)12-5)9-11-7(4-10)13-15-9/h4H2,1-3H3. The van der Waals surface area contributed by atoms with Gasteiger partial charge in [0.2, 0.25) is 0 Å². The van der Waals surface area contributed by atoms with Gasteiger partial charge in [-0.1, -0.05) is 5.16 Å². The van der Waals surface area contributed by atoms with Crippen molar-refractivity contribution in [3.63, 3.8) is 0 Å². The largest absolute Gasteiger partial charge is 0.334 e. The van der Waals surface area contributed by atoms with Crippen molar-refractivity contribution in [3.8, 4) is 11.5 Å². The second kappa shape index (κ2) is 3.66. The van der Waals surface area contributed by atoms with E-state index in [2.05, 4.69) is 15.2 Å². The molecule has 0 fully saturated rings. The smallest absolute Gasteiger partial charge is 0.261 e. The minimum absolute atomic E-state index is 0.252. The van der Waals surface area contributed by atoms with E-state index in [0.29, 0.717) is 11.7 Å². The zero-order chi connectivity index (χ0) is 11.0. The number of hydrogen-bond donors (Lipinski definition) is 0. The van der Waals surface area contributed by atoms with Gasteiger partial charge in [0.15, 0.2) is 5.82 Å². The van der Waals surface area contributed by atoms with Crippen LogP contribution in [0.3, 0.4) is 0 Å². The van der Waals surface area contributed by atoms with Crippen LogP contribution >= 0.6 is 11.6 Å². The van der Waals surface area contributed by atoms with Gasteiger partial charge in [-0.2, -0.15) is 10.1 Å². The minimum Gasteiger partial charge on any atom is -0.334 e. The van der Waals surface area contributed by atoms with E-state index in [0.717, 1.165) is 17.0 Å². The molecule has 0 aromatic carbocycles. The Bertz CT molecular complexity index is 488. The fraction of sp³-hybridized carbons (Fsp3) is 0.444. The lowest BCUT2D eigenvalue weighted by Gasteiger charge is -1.94. The average Bonchev–Trinajstić information content (AvgIpc) is 2.74. The maximum atomic E-state index is 5.61. The van der Waals surface area contributed by atoms with Crippen molar-refractivity contribution in [3.05, 3.63) is 17.2 Å². The van der Waals surface area contributed by atoms with E-state index in [4.69, 9.17) is 16.1 Å². The molecular formula is C9H11ClN4O.